The van der Waals surface area contributed by atoms with Crippen LogP contribution in [0.15, 0.2) is 6.20 Å². The summed E-state index contributed by atoms with van der Waals surface area (Å²) in [6.07, 6.45) is 1.63. The second-order valence-corrected chi connectivity index (χ2v) is 5.00. The standard InChI is InChI=1S/C12H20N4O3/c1-9(2)8-18-3-4-19-12(17)11-7-16(15-14-11)10-5-13-6-10/h7,9-10,13H,3-6,8H2,1-2H3. The van der Waals surface area contributed by atoms with Crippen LogP contribution in [0.5, 0.6) is 0 Å². The van der Waals surface area contributed by atoms with Gasteiger partial charge in [-0.3, -0.25) is 0 Å². The minimum atomic E-state index is -0.452. The lowest BCUT2D eigenvalue weighted by Crippen LogP contribution is -2.43. The van der Waals surface area contributed by atoms with Crippen LogP contribution >= 0.6 is 0 Å². The number of ether oxygens (including phenoxy) is 2. The van der Waals surface area contributed by atoms with Gasteiger partial charge in [-0.15, -0.1) is 5.10 Å². The van der Waals surface area contributed by atoms with E-state index in [2.05, 4.69) is 29.5 Å². The van der Waals surface area contributed by atoms with Crippen LogP contribution in [0.1, 0.15) is 30.4 Å². The summed E-state index contributed by atoms with van der Waals surface area (Å²) in [7, 11) is 0. The van der Waals surface area contributed by atoms with Crippen LogP contribution in [-0.2, 0) is 9.47 Å². The highest BCUT2D eigenvalue weighted by Crippen LogP contribution is 2.10. The Bertz CT molecular complexity index is 415. The highest BCUT2D eigenvalue weighted by atomic mass is 16.6. The largest absolute Gasteiger partial charge is 0.458 e. The molecule has 1 fully saturated rings. The summed E-state index contributed by atoms with van der Waals surface area (Å²) in [6.45, 7) is 7.18. The molecular weight excluding hydrogens is 248 g/mol. The Kier molecular flexibility index (Phi) is 4.86. The fourth-order valence-corrected chi connectivity index (χ4v) is 1.60. The molecule has 0 aliphatic carbocycles. The van der Waals surface area contributed by atoms with E-state index in [4.69, 9.17) is 9.47 Å². The first-order valence-corrected chi connectivity index (χ1v) is 6.54. The molecule has 0 saturated carbocycles. The van der Waals surface area contributed by atoms with Crippen molar-refractivity contribution in [3.05, 3.63) is 11.9 Å². The predicted octanol–water partition coefficient (Wildman–Crippen LogP) is 0.252. The topological polar surface area (TPSA) is 78.3 Å². The van der Waals surface area contributed by atoms with Crippen molar-refractivity contribution in [3.63, 3.8) is 0 Å². The number of aromatic nitrogens is 3. The number of nitrogens with zero attached hydrogens (tertiary/aromatic N) is 3. The van der Waals surface area contributed by atoms with E-state index < -0.39 is 5.97 Å². The Hall–Kier alpha value is -1.47. The number of hydrogen-bond donors (Lipinski definition) is 1. The van der Waals surface area contributed by atoms with Crippen molar-refractivity contribution in [2.24, 2.45) is 5.92 Å². The molecule has 0 bridgehead atoms. The van der Waals surface area contributed by atoms with E-state index in [0.717, 1.165) is 13.1 Å². The van der Waals surface area contributed by atoms with Gasteiger partial charge in [0.1, 0.15) is 6.61 Å². The molecule has 1 aliphatic rings. The third-order valence-electron chi connectivity index (χ3n) is 2.77. The monoisotopic (exact) mass is 268 g/mol. The quantitative estimate of drug-likeness (QED) is 0.564. The van der Waals surface area contributed by atoms with E-state index in [1.807, 2.05) is 0 Å². The summed E-state index contributed by atoms with van der Waals surface area (Å²) in [4.78, 5) is 11.7. The van der Waals surface area contributed by atoms with Crippen LogP contribution in [0.4, 0.5) is 0 Å². The molecule has 7 nitrogen and oxygen atoms in total. The SMILES string of the molecule is CC(C)COCCOC(=O)c1cn(C2CNC2)nn1. The van der Waals surface area contributed by atoms with Gasteiger partial charge in [0, 0.05) is 19.7 Å². The minimum Gasteiger partial charge on any atom is -0.458 e. The fourth-order valence-electron chi connectivity index (χ4n) is 1.60. The van der Waals surface area contributed by atoms with E-state index >= 15 is 0 Å². The van der Waals surface area contributed by atoms with E-state index in [1.165, 1.54) is 0 Å². The van der Waals surface area contributed by atoms with Crippen molar-refractivity contribution >= 4 is 5.97 Å². The Morgan fingerprint density at radius 2 is 2.32 bits per heavy atom. The summed E-state index contributed by atoms with van der Waals surface area (Å²) < 4.78 is 12.1. The lowest BCUT2D eigenvalue weighted by atomic mass is 10.2. The Morgan fingerprint density at radius 3 is 2.95 bits per heavy atom. The van der Waals surface area contributed by atoms with Gasteiger partial charge >= 0.3 is 5.97 Å². The first-order valence-electron chi connectivity index (χ1n) is 6.54. The van der Waals surface area contributed by atoms with E-state index in [0.29, 0.717) is 25.2 Å². The first-order chi connectivity index (χ1) is 9.16. The van der Waals surface area contributed by atoms with Crippen LogP contribution in [0.25, 0.3) is 0 Å². The summed E-state index contributed by atoms with van der Waals surface area (Å²) in [5, 5.41) is 10.9. The van der Waals surface area contributed by atoms with E-state index in [-0.39, 0.29) is 12.3 Å². The first kappa shape index (κ1) is 14.0. The van der Waals surface area contributed by atoms with Gasteiger partial charge in [-0.2, -0.15) is 0 Å². The summed E-state index contributed by atoms with van der Waals surface area (Å²) >= 11 is 0. The van der Waals surface area contributed by atoms with Gasteiger partial charge in [0.2, 0.25) is 0 Å². The van der Waals surface area contributed by atoms with Gasteiger partial charge in [0.25, 0.3) is 0 Å². The lowest BCUT2D eigenvalue weighted by Gasteiger charge is -2.26. The second-order valence-electron chi connectivity index (χ2n) is 5.00. The van der Waals surface area contributed by atoms with Gasteiger partial charge in [0.05, 0.1) is 18.8 Å². The van der Waals surface area contributed by atoms with Gasteiger partial charge < -0.3 is 14.8 Å². The molecule has 19 heavy (non-hydrogen) atoms. The molecule has 0 radical (unpaired) electrons. The zero-order valence-corrected chi connectivity index (χ0v) is 11.3. The van der Waals surface area contributed by atoms with Crippen molar-refractivity contribution in [3.8, 4) is 0 Å². The van der Waals surface area contributed by atoms with E-state index in [1.54, 1.807) is 10.9 Å². The van der Waals surface area contributed by atoms with Gasteiger partial charge in [-0.25, -0.2) is 9.48 Å². The smallest absolute Gasteiger partial charge is 0.360 e. The third-order valence-corrected chi connectivity index (χ3v) is 2.77. The fraction of sp³-hybridized carbons (Fsp3) is 0.750. The van der Waals surface area contributed by atoms with E-state index in [9.17, 15) is 4.79 Å². The molecule has 0 unspecified atom stereocenters. The molecule has 1 aromatic heterocycles. The zero-order chi connectivity index (χ0) is 13.7. The summed E-state index contributed by atoms with van der Waals surface area (Å²) in [5.41, 5.74) is 0.246. The average molecular weight is 268 g/mol. The number of hydrogen-bond acceptors (Lipinski definition) is 6. The number of carbonyl (C=O) groups is 1. The van der Waals surface area contributed by atoms with Crippen LogP contribution in [0.2, 0.25) is 0 Å². The molecule has 7 heteroatoms. The number of carbonyl (C=O) groups excluding carboxylic acids is 1. The number of nitrogens with one attached hydrogen (secondary N) is 1. The lowest BCUT2D eigenvalue weighted by molar-refractivity contribution is 0.0272. The van der Waals surface area contributed by atoms with Crippen LogP contribution in [0.3, 0.4) is 0 Å². The molecule has 0 spiro atoms. The van der Waals surface area contributed by atoms with Crippen molar-refractivity contribution in [1.82, 2.24) is 20.3 Å². The van der Waals surface area contributed by atoms with Crippen molar-refractivity contribution in [2.75, 3.05) is 32.9 Å². The van der Waals surface area contributed by atoms with Gasteiger partial charge in [-0.05, 0) is 5.92 Å². The summed E-state index contributed by atoms with van der Waals surface area (Å²) in [6, 6.07) is 0.295. The maximum absolute atomic E-state index is 11.7. The second kappa shape index (κ2) is 6.63. The average Bonchev–Trinajstić information content (AvgIpc) is 2.75. The van der Waals surface area contributed by atoms with Crippen LogP contribution < -0.4 is 5.32 Å². The highest BCUT2D eigenvalue weighted by Gasteiger charge is 2.22. The minimum absolute atomic E-state index is 0.239. The molecule has 1 aliphatic heterocycles. The van der Waals surface area contributed by atoms with Crippen LogP contribution in [-0.4, -0.2) is 53.9 Å². The van der Waals surface area contributed by atoms with Gasteiger partial charge in [-0.1, -0.05) is 19.1 Å². The molecule has 2 heterocycles. The maximum atomic E-state index is 11.7. The molecule has 1 saturated heterocycles. The molecule has 1 aromatic rings. The predicted molar refractivity (Wildman–Crippen MR) is 67.9 cm³/mol. The molecule has 0 amide bonds. The zero-order valence-electron chi connectivity index (χ0n) is 11.3. The number of rotatable bonds is 7. The number of esters is 1. The maximum Gasteiger partial charge on any atom is 0.360 e. The van der Waals surface area contributed by atoms with Crippen molar-refractivity contribution in [1.29, 1.82) is 0 Å². The molecule has 0 atom stereocenters. The molecule has 1 N–H and O–H groups in total. The Balaban J connectivity index is 1.69. The Morgan fingerprint density at radius 1 is 1.53 bits per heavy atom. The van der Waals surface area contributed by atoms with Crippen molar-refractivity contribution in [2.45, 2.75) is 19.9 Å². The summed E-state index contributed by atoms with van der Waals surface area (Å²) in [5.74, 6) is 0.0263. The molecule has 2 rings (SSSR count). The highest BCUT2D eigenvalue weighted by molar-refractivity contribution is 5.86. The van der Waals surface area contributed by atoms with Gasteiger partial charge in [0.15, 0.2) is 5.69 Å². The third kappa shape index (κ3) is 4.00. The Labute approximate surface area is 112 Å². The van der Waals surface area contributed by atoms with Crippen molar-refractivity contribution < 1.29 is 14.3 Å². The molecule has 106 valence electrons. The molecular formula is C12H20N4O3. The normalized spacial score (nSPS) is 15.5. The van der Waals surface area contributed by atoms with Crippen LogP contribution in [0, 0.1) is 5.92 Å². The molecule has 0 aromatic carbocycles.